The predicted octanol–water partition coefficient (Wildman–Crippen LogP) is 6.73. The number of rotatable bonds is 26. The van der Waals surface area contributed by atoms with Crippen molar-refractivity contribution in [3.63, 3.8) is 0 Å². The van der Waals surface area contributed by atoms with Gasteiger partial charge in [-0.3, -0.25) is 33.6 Å². The number of carboxylic acid groups (broad SMARTS) is 1. The summed E-state index contributed by atoms with van der Waals surface area (Å²) in [4.78, 5) is 119. The number of phenolic OH excluding ortho intramolecular Hbond substituents is 3. The number of benzene rings is 6. The number of aromatic hydroxyl groups is 3. The van der Waals surface area contributed by atoms with Crippen LogP contribution < -0.4 is 62.5 Å². The Morgan fingerprint density at radius 2 is 1.32 bits per heavy atom. The van der Waals surface area contributed by atoms with Crippen LogP contribution in [0.4, 0.5) is 0 Å². The standard InChI is InChI=1S/C84H99Cl2N11O24S/c1-7-8-9-10-11-12-13-17-26-89-84(5)36-60(115-39(4)73(84)106)119-72-70(105)69(104)58(37-122-83-97-96-80(121-83)40-18-15-14-16-19-40)118-82(72)120-71-56-31-44-32-57(71)117-55-25-22-43(30-49(55)86)68(103)66-79(112)93-64(81(113)114)47-33-45(98)34-53(100)61(47)46-28-41(20-23-52(46)99)62(76(109)95-66)92-77(110)63(44)91-75(108)51(35-59(87)101)90-78(111)65(94-74(107)50(88-6)27-38(2)3)67(102)42-21-24-54(116-56)48(85)29-42/h14-16,18-25,28-34,38-39,50-51,58,60,62-70,72-73,82,88-89,98-100,102-106H,7-13,17,26-27,35-37H2,1-6H3,(H2,87,101)(H,90,111)(H,91,108)(H,92,110)(H,93,112)(H,94,107)(H,95,109)(H,113,114)/t39?,50-,51+,58?,60?,62-,63-,64-,65-,66+,67-,68-,69?,70?,72?,73?,82?,84?/m1/s1. The molecule has 654 valence electrons. The molecule has 7 amide bonds. The minimum absolute atomic E-state index is 0.00234. The number of aliphatic carboxylic acids is 1. The van der Waals surface area contributed by atoms with Crippen molar-refractivity contribution in [3.8, 4) is 68.6 Å². The number of aliphatic hydroxyl groups is 5. The summed E-state index contributed by atoms with van der Waals surface area (Å²) >= 11 is 15.4. The lowest BCUT2D eigenvalue weighted by molar-refractivity contribution is -0.330. The number of phenols is 3. The molecule has 35 nitrogen and oxygen atoms in total. The van der Waals surface area contributed by atoms with Crippen LogP contribution in [0.2, 0.25) is 10.0 Å². The van der Waals surface area contributed by atoms with E-state index in [9.17, 15) is 60.3 Å². The molecule has 2 fully saturated rings. The lowest BCUT2D eigenvalue weighted by atomic mass is 9.85. The lowest BCUT2D eigenvalue weighted by Crippen LogP contribution is -2.65. The number of nitrogens with zero attached hydrogens (tertiary/aromatic N) is 2. The molecule has 9 unspecified atom stereocenters. The number of fused-ring (bicyclic) bond motifs is 15. The summed E-state index contributed by atoms with van der Waals surface area (Å²) in [6, 6.07) is 8.54. The fourth-order valence-electron chi connectivity index (χ4n) is 15.4. The van der Waals surface area contributed by atoms with Crippen LogP contribution in [0.15, 0.2) is 119 Å². The van der Waals surface area contributed by atoms with E-state index in [1.165, 1.54) is 31.3 Å². The van der Waals surface area contributed by atoms with Crippen molar-refractivity contribution in [2.24, 2.45) is 11.7 Å². The number of carboxylic acids is 1. The van der Waals surface area contributed by atoms with Crippen molar-refractivity contribution in [3.05, 3.63) is 147 Å². The summed E-state index contributed by atoms with van der Waals surface area (Å²) in [5, 5.41) is 136. The second-order valence-corrected chi connectivity index (χ2v) is 33.2. The highest BCUT2D eigenvalue weighted by Crippen LogP contribution is 2.50. The quantitative estimate of drug-likeness (QED) is 0.0197. The molecule has 122 heavy (non-hydrogen) atoms. The molecular weight excluding hydrogens is 1650 g/mol. The number of hydrogen-bond donors (Lipinski definition) is 18. The molecule has 0 radical (unpaired) electrons. The van der Waals surface area contributed by atoms with Crippen molar-refractivity contribution in [2.45, 2.75) is 220 Å². The zero-order chi connectivity index (χ0) is 87.7. The van der Waals surface area contributed by atoms with Gasteiger partial charge >= 0.3 is 5.97 Å². The van der Waals surface area contributed by atoms with Crippen LogP contribution in [0.3, 0.4) is 0 Å². The molecule has 14 rings (SSSR count). The van der Waals surface area contributed by atoms with Gasteiger partial charge in [0.25, 0.3) is 5.22 Å². The molecule has 8 heterocycles. The third kappa shape index (κ3) is 21.1. The van der Waals surface area contributed by atoms with E-state index >= 15 is 24.0 Å². The molecule has 18 atom stereocenters. The molecule has 7 aliphatic heterocycles. The fraction of sp³-hybridized carbons (Fsp3) is 0.452. The summed E-state index contributed by atoms with van der Waals surface area (Å²) < 4.78 is 46.8. The predicted molar refractivity (Wildman–Crippen MR) is 439 cm³/mol. The molecule has 7 aliphatic rings. The average Bonchev–Trinajstić information content (AvgIpc) is 1.03. The molecule has 6 aromatic carbocycles. The van der Waals surface area contributed by atoms with Crippen molar-refractivity contribution < 1.29 is 117 Å². The number of nitrogens with one attached hydrogen (secondary N) is 8. The number of primary amides is 1. The Kier molecular flexibility index (Phi) is 29.6. The number of unbranched alkanes of at least 4 members (excludes halogenated alkanes) is 7. The first-order valence-electron chi connectivity index (χ1n) is 40.0. The van der Waals surface area contributed by atoms with Gasteiger partial charge in [-0.05, 0) is 135 Å². The number of amides is 7. The Bertz CT molecular complexity index is 5000. The van der Waals surface area contributed by atoms with Gasteiger partial charge in [0.15, 0.2) is 29.9 Å². The highest BCUT2D eigenvalue weighted by Gasteiger charge is 2.53. The van der Waals surface area contributed by atoms with E-state index < -0.39 is 225 Å². The molecule has 19 N–H and O–H groups in total. The van der Waals surface area contributed by atoms with Crippen molar-refractivity contribution >= 4 is 82.3 Å². The number of hydrogen-bond acceptors (Lipinski definition) is 28. The molecule has 0 aliphatic carbocycles. The zero-order valence-electron chi connectivity index (χ0n) is 67.3. The van der Waals surface area contributed by atoms with E-state index in [2.05, 4.69) is 59.7 Å². The third-order valence-electron chi connectivity index (χ3n) is 21.9. The Hall–Kier alpha value is -10.5. The van der Waals surface area contributed by atoms with E-state index in [0.717, 1.165) is 118 Å². The maximum Gasteiger partial charge on any atom is 0.330 e. The Labute approximate surface area is 714 Å². The summed E-state index contributed by atoms with van der Waals surface area (Å²) in [6.07, 6.45) is -9.55. The van der Waals surface area contributed by atoms with E-state index in [0.29, 0.717) is 12.1 Å². The smallest absolute Gasteiger partial charge is 0.330 e. The van der Waals surface area contributed by atoms with Crippen molar-refractivity contribution in [2.75, 3.05) is 19.3 Å². The van der Waals surface area contributed by atoms with Gasteiger partial charge in [0.05, 0.1) is 40.8 Å². The Morgan fingerprint density at radius 3 is 1.96 bits per heavy atom. The number of likely N-dealkylation sites (N-methyl/N-ethyl adjacent to an activating group) is 1. The number of nitrogens with two attached hydrogens (primary N) is 1. The SMILES string of the molecule is CCCCCCCCCCNC1(C)CC(OC2C(Oc3c4cc5cc3Oc3ccc(cc3Cl)[C@@H](O)[C@@H](NC(=O)[C@@H](CC(C)C)NC)C(=O)N[C@@H](CC(N)=O)C(=O)N[C@H]5C(=O)N[C@H]3C(=O)N[C@H](C(=O)N[C@@H](C(=O)O)c5cc(O)cc(O)c5-c5cc3ccc5O)[C@H](O)c3ccc(c(Cl)c3)O4)OC(CSc3nnc(-c4ccccc4)o3)C(O)C2O)OC(C)C1O. The maximum absolute atomic E-state index is 16.4. The monoisotopic (exact) mass is 1750 g/mol. The number of thioether (sulfide) groups is 1. The third-order valence-corrected chi connectivity index (χ3v) is 23.4. The minimum Gasteiger partial charge on any atom is -0.508 e. The molecule has 11 bridgehead atoms. The van der Waals surface area contributed by atoms with Crippen LogP contribution in [-0.2, 0) is 52.6 Å². The number of aliphatic hydroxyl groups excluding tert-OH is 5. The number of halogens is 2. The minimum atomic E-state index is -2.36. The van der Waals surface area contributed by atoms with Gasteiger partial charge in [0.1, 0.15) is 83.4 Å². The van der Waals surface area contributed by atoms with E-state index in [1.54, 1.807) is 44.2 Å². The normalized spacial score (nSPS) is 26.4. The molecular formula is C84H99Cl2N11O24S. The number of aromatic nitrogens is 2. The summed E-state index contributed by atoms with van der Waals surface area (Å²) in [7, 11) is 1.49. The highest BCUT2D eigenvalue weighted by atomic mass is 35.5. The number of carbonyl (C=O) groups excluding carboxylic acids is 7. The maximum atomic E-state index is 16.4. The first-order valence-corrected chi connectivity index (χ1v) is 41.8. The second-order valence-electron chi connectivity index (χ2n) is 31.4. The Morgan fingerprint density at radius 1 is 0.689 bits per heavy atom. The van der Waals surface area contributed by atoms with Crippen LogP contribution in [0, 0.1) is 5.92 Å². The summed E-state index contributed by atoms with van der Waals surface area (Å²) in [6.45, 7) is 9.72. The Balaban J connectivity index is 1.06. The molecule has 2 saturated heterocycles. The van der Waals surface area contributed by atoms with E-state index in [4.69, 9.17) is 61.8 Å². The largest absolute Gasteiger partial charge is 0.508 e. The molecule has 1 aromatic heterocycles. The zero-order valence-corrected chi connectivity index (χ0v) is 69.6. The van der Waals surface area contributed by atoms with Crippen molar-refractivity contribution in [1.29, 1.82) is 0 Å². The lowest BCUT2D eigenvalue weighted by Gasteiger charge is -2.48. The molecule has 38 heteroatoms. The van der Waals surface area contributed by atoms with Gasteiger partial charge in [0, 0.05) is 46.0 Å². The van der Waals surface area contributed by atoms with Gasteiger partial charge in [-0.25, -0.2) is 4.79 Å². The highest BCUT2D eigenvalue weighted by molar-refractivity contribution is 7.99. The van der Waals surface area contributed by atoms with Crippen LogP contribution in [0.5, 0.6) is 46.0 Å². The number of carbonyl (C=O) groups is 8. The molecule has 0 saturated carbocycles. The van der Waals surface area contributed by atoms with Crippen LogP contribution in [0.25, 0.3) is 22.6 Å². The van der Waals surface area contributed by atoms with Crippen LogP contribution in [0.1, 0.15) is 163 Å². The average molecular weight is 1750 g/mol. The molecule has 0 spiro atoms. The molecule has 7 aromatic rings. The van der Waals surface area contributed by atoms with Gasteiger partial charge in [0.2, 0.25) is 59.3 Å². The van der Waals surface area contributed by atoms with Gasteiger partial charge in [-0.1, -0.05) is 137 Å². The van der Waals surface area contributed by atoms with Crippen LogP contribution in [-0.4, -0.2) is 202 Å². The summed E-state index contributed by atoms with van der Waals surface area (Å²) in [5.74, 6) is -15.9. The first kappa shape index (κ1) is 90.8. The fourth-order valence-corrected chi connectivity index (χ4v) is 16.7. The van der Waals surface area contributed by atoms with Gasteiger partial charge in [-0.2, -0.15) is 0 Å². The van der Waals surface area contributed by atoms with E-state index in [1.807, 2.05) is 13.8 Å². The van der Waals surface area contributed by atoms with Crippen LogP contribution >= 0.6 is 35.0 Å². The van der Waals surface area contributed by atoms with E-state index in [-0.39, 0.29) is 68.8 Å². The number of ether oxygens (including phenoxy) is 6. The van der Waals surface area contributed by atoms with Crippen molar-refractivity contribution in [1.82, 2.24) is 52.7 Å². The second kappa shape index (κ2) is 39.8. The first-order chi connectivity index (χ1) is 58.2. The summed E-state index contributed by atoms with van der Waals surface area (Å²) in [5.41, 5.74) is 2.53. The van der Waals surface area contributed by atoms with Gasteiger partial charge in [-0.15, -0.1) is 10.2 Å². The topological polar surface area (TPSA) is 535 Å². The van der Waals surface area contributed by atoms with Gasteiger partial charge < -0.3 is 127 Å².